The first-order chi connectivity index (χ1) is 7.68. The number of hydrogen-bond donors (Lipinski definition) is 1. The van der Waals surface area contributed by atoms with E-state index in [-0.39, 0.29) is 6.04 Å². The lowest BCUT2D eigenvalue weighted by Crippen LogP contribution is -2.40. The predicted octanol–water partition coefficient (Wildman–Crippen LogP) is 2.04. The van der Waals surface area contributed by atoms with Crippen molar-refractivity contribution >= 4 is 17.6 Å². The molecule has 1 saturated heterocycles. The molecule has 1 aliphatic heterocycles. The third kappa shape index (κ3) is 2.50. The third-order valence-corrected chi connectivity index (χ3v) is 4.15. The molecule has 0 saturated carbocycles. The molecule has 2 rings (SSSR count). The SMILES string of the molecule is CC1CSCCN1c1ccc([C@@H](C)N)cn1. The van der Waals surface area contributed by atoms with Crippen LogP contribution in [0.4, 0.5) is 5.82 Å². The Balaban J connectivity index is 2.14. The molecule has 1 aromatic heterocycles. The van der Waals surface area contributed by atoms with Gasteiger partial charge in [0.1, 0.15) is 5.82 Å². The maximum Gasteiger partial charge on any atom is 0.128 e. The highest BCUT2D eigenvalue weighted by molar-refractivity contribution is 7.99. The van der Waals surface area contributed by atoms with Crippen molar-refractivity contribution in [1.82, 2.24) is 4.98 Å². The quantitative estimate of drug-likeness (QED) is 0.855. The van der Waals surface area contributed by atoms with E-state index in [0.717, 1.165) is 17.9 Å². The van der Waals surface area contributed by atoms with Crippen LogP contribution < -0.4 is 10.6 Å². The van der Waals surface area contributed by atoms with Crippen molar-refractivity contribution < 1.29 is 0 Å². The molecule has 0 spiro atoms. The van der Waals surface area contributed by atoms with Crippen molar-refractivity contribution in [3.05, 3.63) is 23.9 Å². The number of hydrogen-bond acceptors (Lipinski definition) is 4. The van der Waals surface area contributed by atoms with Gasteiger partial charge >= 0.3 is 0 Å². The van der Waals surface area contributed by atoms with Crippen molar-refractivity contribution in [1.29, 1.82) is 0 Å². The second-order valence-electron chi connectivity index (χ2n) is 4.36. The lowest BCUT2D eigenvalue weighted by atomic mass is 10.1. The van der Waals surface area contributed by atoms with Crippen LogP contribution >= 0.6 is 11.8 Å². The highest BCUT2D eigenvalue weighted by Gasteiger charge is 2.19. The molecule has 0 amide bonds. The molecule has 16 heavy (non-hydrogen) atoms. The number of pyridine rings is 1. The molecule has 88 valence electrons. The van der Waals surface area contributed by atoms with Crippen LogP contribution in [0.2, 0.25) is 0 Å². The van der Waals surface area contributed by atoms with Crippen LogP contribution in [0.5, 0.6) is 0 Å². The van der Waals surface area contributed by atoms with Gasteiger partial charge in [0.15, 0.2) is 0 Å². The fourth-order valence-corrected chi connectivity index (χ4v) is 2.92. The van der Waals surface area contributed by atoms with Gasteiger partial charge < -0.3 is 10.6 Å². The minimum Gasteiger partial charge on any atom is -0.352 e. The van der Waals surface area contributed by atoms with Gasteiger partial charge in [-0.15, -0.1) is 0 Å². The summed E-state index contributed by atoms with van der Waals surface area (Å²) in [7, 11) is 0. The number of anilines is 1. The lowest BCUT2D eigenvalue weighted by Gasteiger charge is -2.34. The van der Waals surface area contributed by atoms with E-state index >= 15 is 0 Å². The van der Waals surface area contributed by atoms with Crippen LogP contribution in [0.15, 0.2) is 18.3 Å². The largest absolute Gasteiger partial charge is 0.352 e. The summed E-state index contributed by atoms with van der Waals surface area (Å²) in [5.41, 5.74) is 6.91. The molecule has 0 radical (unpaired) electrons. The van der Waals surface area contributed by atoms with Crippen LogP contribution in [0.1, 0.15) is 25.5 Å². The van der Waals surface area contributed by atoms with Gasteiger partial charge in [-0.25, -0.2) is 4.98 Å². The van der Waals surface area contributed by atoms with E-state index in [1.165, 1.54) is 11.5 Å². The standard InChI is InChI=1S/C12H19N3S/c1-9-8-16-6-5-15(9)12-4-3-11(7-14-12)10(2)13/h3-4,7,9-10H,5-6,8,13H2,1-2H3/t9?,10-/m1/s1. The summed E-state index contributed by atoms with van der Waals surface area (Å²) in [5, 5.41) is 0. The number of thioether (sulfide) groups is 1. The highest BCUT2D eigenvalue weighted by Crippen LogP contribution is 2.22. The third-order valence-electron chi connectivity index (χ3n) is 2.96. The molecule has 2 N–H and O–H groups in total. The van der Waals surface area contributed by atoms with Crippen LogP contribution in [0, 0.1) is 0 Å². The Hall–Kier alpha value is -0.740. The smallest absolute Gasteiger partial charge is 0.128 e. The minimum absolute atomic E-state index is 0.0656. The Kier molecular flexibility index (Phi) is 3.71. The van der Waals surface area contributed by atoms with Crippen LogP contribution in [0.25, 0.3) is 0 Å². The first-order valence-electron chi connectivity index (χ1n) is 5.74. The van der Waals surface area contributed by atoms with E-state index in [1.807, 2.05) is 24.9 Å². The highest BCUT2D eigenvalue weighted by atomic mass is 32.2. The van der Waals surface area contributed by atoms with Gasteiger partial charge in [0, 0.05) is 36.3 Å². The lowest BCUT2D eigenvalue weighted by molar-refractivity contribution is 0.688. The molecule has 0 bridgehead atoms. The van der Waals surface area contributed by atoms with E-state index in [2.05, 4.69) is 28.9 Å². The van der Waals surface area contributed by atoms with Crippen molar-refractivity contribution in [2.45, 2.75) is 25.9 Å². The van der Waals surface area contributed by atoms with E-state index < -0.39 is 0 Å². The van der Waals surface area contributed by atoms with Crippen molar-refractivity contribution in [3.8, 4) is 0 Å². The first-order valence-corrected chi connectivity index (χ1v) is 6.90. The number of aromatic nitrogens is 1. The topological polar surface area (TPSA) is 42.1 Å². The van der Waals surface area contributed by atoms with Gasteiger partial charge in [0.25, 0.3) is 0 Å². The van der Waals surface area contributed by atoms with Crippen LogP contribution in [-0.4, -0.2) is 29.1 Å². The summed E-state index contributed by atoms with van der Waals surface area (Å²) in [6.45, 7) is 5.33. The van der Waals surface area contributed by atoms with Crippen molar-refractivity contribution in [2.75, 3.05) is 23.0 Å². The summed E-state index contributed by atoms with van der Waals surface area (Å²) < 4.78 is 0. The first kappa shape index (κ1) is 11.7. The Morgan fingerprint density at radius 3 is 2.94 bits per heavy atom. The van der Waals surface area contributed by atoms with E-state index in [4.69, 9.17) is 5.73 Å². The summed E-state index contributed by atoms with van der Waals surface area (Å²) in [6, 6.07) is 4.82. The molecular weight excluding hydrogens is 218 g/mol. The molecule has 1 fully saturated rings. The summed E-state index contributed by atoms with van der Waals surface area (Å²) in [5.74, 6) is 3.47. The Bertz CT molecular complexity index is 337. The van der Waals surface area contributed by atoms with Gasteiger partial charge in [-0.3, -0.25) is 0 Å². The molecule has 3 nitrogen and oxygen atoms in total. The molecule has 1 aromatic rings. The normalized spacial score (nSPS) is 23.2. The zero-order valence-corrected chi connectivity index (χ0v) is 10.7. The minimum atomic E-state index is 0.0656. The summed E-state index contributed by atoms with van der Waals surface area (Å²) in [4.78, 5) is 6.89. The molecule has 1 aliphatic rings. The van der Waals surface area contributed by atoms with E-state index in [0.29, 0.717) is 6.04 Å². The zero-order chi connectivity index (χ0) is 11.5. The van der Waals surface area contributed by atoms with Gasteiger partial charge in [-0.05, 0) is 25.5 Å². The number of rotatable bonds is 2. The zero-order valence-electron chi connectivity index (χ0n) is 9.89. The van der Waals surface area contributed by atoms with Crippen LogP contribution in [0.3, 0.4) is 0 Å². The second-order valence-corrected chi connectivity index (χ2v) is 5.51. The maximum atomic E-state index is 5.81. The molecule has 4 heteroatoms. The molecule has 2 atom stereocenters. The Morgan fingerprint density at radius 2 is 2.38 bits per heavy atom. The second kappa shape index (κ2) is 5.06. The monoisotopic (exact) mass is 237 g/mol. The molecule has 0 aromatic carbocycles. The maximum absolute atomic E-state index is 5.81. The number of nitrogens with two attached hydrogens (primary N) is 1. The summed E-state index contributed by atoms with van der Waals surface area (Å²) >= 11 is 2.02. The van der Waals surface area contributed by atoms with Gasteiger partial charge in [0.2, 0.25) is 0 Å². The van der Waals surface area contributed by atoms with E-state index in [9.17, 15) is 0 Å². The predicted molar refractivity (Wildman–Crippen MR) is 71.0 cm³/mol. The molecule has 2 heterocycles. The average molecular weight is 237 g/mol. The number of nitrogens with zero attached hydrogens (tertiary/aromatic N) is 2. The average Bonchev–Trinajstić information content (AvgIpc) is 2.30. The van der Waals surface area contributed by atoms with Gasteiger partial charge in [-0.2, -0.15) is 11.8 Å². The van der Waals surface area contributed by atoms with Crippen LogP contribution in [-0.2, 0) is 0 Å². The molecule has 1 unspecified atom stereocenters. The Morgan fingerprint density at radius 1 is 1.56 bits per heavy atom. The van der Waals surface area contributed by atoms with E-state index in [1.54, 1.807) is 0 Å². The summed E-state index contributed by atoms with van der Waals surface area (Å²) in [6.07, 6.45) is 1.90. The van der Waals surface area contributed by atoms with Gasteiger partial charge in [-0.1, -0.05) is 6.07 Å². The fourth-order valence-electron chi connectivity index (χ4n) is 1.90. The van der Waals surface area contributed by atoms with Crippen molar-refractivity contribution in [3.63, 3.8) is 0 Å². The molecule has 0 aliphatic carbocycles. The Labute approximate surface area is 101 Å². The molecular formula is C12H19N3S. The fraction of sp³-hybridized carbons (Fsp3) is 0.583. The van der Waals surface area contributed by atoms with Gasteiger partial charge in [0.05, 0.1) is 0 Å². The van der Waals surface area contributed by atoms with Crippen molar-refractivity contribution in [2.24, 2.45) is 5.73 Å².